The van der Waals surface area contributed by atoms with Gasteiger partial charge in [0.05, 0.1) is 21.2 Å². The molecule has 1 atom stereocenters. The Morgan fingerprint density at radius 2 is 1.71 bits per heavy atom. The molecule has 1 aliphatic heterocycles. The lowest BCUT2D eigenvalue weighted by Crippen LogP contribution is -2.22. The Morgan fingerprint density at radius 1 is 0.976 bits per heavy atom. The van der Waals surface area contributed by atoms with Crippen LogP contribution in [0.5, 0.6) is 0 Å². The van der Waals surface area contributed by atoms with E-state index in [4.69, 9.17) is 4.99 Å². The first-order valence-electron chi connectivity index (χ1n) is 12.7. The molecule has 1 aliphatic rings. The van der Waals surface area contributed by atoms with Crippen LogP contribution in [-0.2, 0) is 21.4 Å². The largest absolute Gasteiger partial charge is 0.325 e. The van der Waals surface area contributed by atoms with Gasteiger partial charge in [0, 0.05) is 30.1 Å². The molecule has 10 nitrogen and oxygen atoms in total. The summed E-state index contributed by atoms with van der Waals surface area (Å²) in [6.45, 7) is 0.781. The zero-order valence-corrected chi connectivity index (χ0v) is 23.1. The number of carbonyl (C=O) groups excluding carboxylic acids is 1. The van der Waals surface area contributed by atoms with Crippen LogP contribution in [0.15, 0.2) is 107 Å². The Bertz CT molecular complexity index is 1750. The molecule has 11 heteroatoms. The molecule has 41 heavy (non-hydrogen) atoms. The topological polar surface area (TPSA) is 134 Å². The summed E-state index contributed by atoms with van der Waals surface area (Å²) in [7, 11) is -0.157. The molecule has 0 fully saturated rings. The number of sulfonamides is 1. The second-order valence-corrected chi connectivity index (χ2v) is 11.5. The molecular formula is C30H27N5O5S. The van der Waals surface area contributed by atoms with Gasteiger partial charge in [-0.3, -0.25) is 24.6 Å². The molecule has 5 rings (SSSR count). The first kappa shape index (κ1) is 27.7. The smallest absolute Gasteiger partial charge is 0.270 e. The fraction of sp³-hybridized carbons (Fsp3) is 0.133. The molecule has 4 aromatic carbocycles. The van der Waals surface area contributed by atoms with Crippen molar-refractivity contribution in [2.75, 3.05) is 24.1 Å². The van der Waals surface area contributed by atoms with Crippen LogP contribution in [-0.4, -0.2) is 44.0 Å². The van der Waals surface area contributed by atoms with Crippen molar-refractivity contribution in [1.82, 2.24) is 4.90 Å². The van der Waals surface area contributed by atoms with Crippen LogP contribution < -0.4 is 10.0 Å². The minimum atomic E-state index is -4.15. The molecule has 1 heterocycles. The van der Waals surface area contributed by atoms with E-state index in [1.165, 1.54) is 24.3 Å². The summed E-state index contributed by atoms with van der Waals surface area (Å²) in [5.41, 5.74) is 4.04. The number of hydrogen-bond donors (Lipinski definition) is 2. The zero-order valence-electron chi connectivity index (χ0n) is 22.3. The second kappa shape index (κ2) is 11.3. The number of benzene rings is 4. The zero-order chi connectivity index (χ0) is 29.1. The van der Waals surface area contributed by atoms with Gasteiger partial charge >= 0.3 is 0 Å². The number of amides is 1. The van der Waals surface area contributed by atoms with Crippen molar-refractivity contribution in [3.8, 4) is 0 Å². The van der Waals surface area contributed by atoms with Gasteiger partial charge in [-0.05, 0) is 67.2 Å². The third-order valence-corrected chi connectivity index (χ3v) is 7.88. The summed E-state index contributed by atoms with van der Waals surface area (Å²) in [6.07, 6.45) is 0. The maximum absolute atomic E-state index is 13.3. The van der Waals surface area contributed by atoms with E-state index < -0.39 is 20.9 Å². The Kier molecular flexibility index (Phi) is 7.64. The fourth-order valence-corrected chi connectivity index (χ4v) is 5.75. The van der Waals surface area contributed by atoms with Crippen LogP contribution in [0.2, 0.25) is 0 Å². The number of non-ortho nitro benzene ring substituents is 1. The third kappa shape index (κ3) is 6.16. The van der Waals surface area contributed by atoms with Crippen molar-refractivity contribution < 1.29 is 18.1 Å². The second-order valence-electron chi connectivity index (χ2n) is 9.85. The minimum absolute atomic E-state index is 0.206. The predicted octanol–water partition coefficient (Wildman–Crippen LogP) is 5.31. The number of nitrogens with zero attached hydrogens (tertiary/aromatic N) is 3. The van der Waals surface area contributed by atoms with Gasteiger partial charge in [0.2, 0.25) is 5.91 Å². The van der Waals surface area contributed by atoms with E-state index in [2.05, 4.69) is 14.9 Å². The Labute approximate surface area is 237 Å². The van der Waals surface area contributed by atoms with E-state index in [9.17, 15) is 23.3 Å². The van der Waals surface area contributed by atoms with Crippen molar-refractivity contribution in [2.24, 2.45) is 4.99 Å². The Morgan fingerprint density at radius 3 is 2.39 bits per heavy atom. The van der Waals surface area contributed by atoms with Crippen LogP contribution in [0, 0.1) is 10.1 Å². The molecule has 4 aromatic rings. The SMILES string of the molecule is CN(C)Cc1ccc(N=C(c2ccccc2)C2C(=O)Nc3ccc(NS(=O)(=O)c4cccc([N+](=O)[O-])c4)cc32)cc1. The van der Waals surface area contributed by atoms with Gasteiger partial charge in [-0.25, -0.2) is 8.42 Å². The highest BCUT2D eigenvalue weighted by Gasteiger charge is 2.36. The maximum atomic E-state index is 13.3. The van der Waals surface area contributed by atoms with E-state index in [1.54, 1.807) is 12.1 Å². The lowest BCUT2D eigenvalue weighted by Gasteiger charge is -2.15. The molecule has 0 aliphatic carbocycles. The molecule has 0 aromatic heterocycles. The Hall–Kier alpha value is -4.87. The van der Waals surface area contributed by atoms with Crippen molar-refractivity contribution >= 4 is 44.4 Å². The molecule has 1 unspecified atom stereocenters. The maximum Gasteiger partial charge on any atom is 0.270 e. The molecule has 0 saturated carbocycles. The molecule has 208 valence electrons. The normalized spacial score (nSPS) is 15.0. The lowest BCUT2D eigenvalue weighted by atomic mass is 9.90. The number of nitro benzene ring substituents is 1. The molecule has 2 N–H and O–H groups in total. The summed E-state index contributed by atoms with van der Waals surface area (Å²) >= 11 is 0. The van der Waals surface area contributed by atoms with Crippen molar-refractivity contribution in [3.05, 3.63) is 124 Å². The van der Waals surface area contributed by atoms with Crippen LogP contribution in [0.3, 0.4) is 0 Å². The fourth-order valence-electron chi connectivity index (χ4n) is 4.66. The van der Waals surface area contributed by atoms with Gasteiger partial charge in [0.15, 0.2) is 0 Å². The van der Waals surface area contributed by atoms with Gasteiger partial charge in [0.25, 0.3) is 15.7 Å². The van der Waals surface area contributed by atoms with Gasteiger partial charge in [-0.15, -0.1) is 0 Å². The average molecular weight is 570 g/mol. The number of hydrogen-bond acceptors (Lipinski definition) is 7. The highest BCUT2D eigenvalue weighted by molar-refractivity contribution is 7.92. The lowest BCUT2D eigenvalue weighted by molar-refractivity contribution is -0.385. The average Bonchev–Trinajstić information content (AvgIpc) is 3.27. The van der Waals surface area contributed by atoms with Crippen LogP contribution in [0.1, 0.15) is 22.6 Å². The summed E-state index contributed by atoms with van der Waals surface area (Å²) in [5, 5.41) is 14.0. The van der Waals surface area contributed by atoms with E-state index in [0.29, 0.717) is 22.6 Å². The molecule has 0 spiro atoms. The number of nitrogens with one attached hydrogen (secondary N) is 2. The van der Waals surface area contributed by atoms with E-state index >= 15 is 0 Å². The van der Waals surface area contributed by atoms with Crippen LogP contribution in [0.4, 0.5) is 22.7 Å². The van der Waals surface area contributed by atoms with Crippen molar-refractivity contribution in [1.29, 1.82) is 0 Å². The first-order valence-corrected chi connectivity index (χ1v) is 14.2. The monoisotopic (exact) mass is 569 g/mol. The van der Waals surface area contributed by atoms with Gasteiger partial charge in [0.1, 0.15) is 5.92 Å². The molecule has 0 saturated heterocycles. The van der Waals surface area contributed by atoms with Gasteiger partial charge in [-0.1, -0.05) is 48.5 Å². The third-order valence-electron chi connectivity index (χ3n) is 6.50. The Balaban J connectivity index is 1.53. The molecule has 0 radical (unpaired) electrons. The molecule has 1 amide bonds. The standard InChI is InChI=1S/C30H27N5O5S/c1-34(2)19-20-11-13-22(14-12-20)31-29(21-7-4-3-5-8-21)28-26-17-23(15-16-27(26)32-30(28)36)33-41(39,40)25-10-6-9-24(18-25)35(37)38/h3-18,28,33H,19H2,1-2H3,(H,32,36). The number of rotatable bonds is 9. The first-order chi connectivity index (χ1) is 19.6. The highest BCUT2D eigenvalue weighted by atomic mass is 32.2. The van der Waals surface area contributed by atoms with E-state index in [-0.39, 0.29) is 22.2 Å². The number of aliphatic imine (C=N–C) groups is 1. The van der Waals surface area contributed by atoms with Crippen LogP contribution in [0.25, 0.3) is 0 Å². The van der Waals surface area contributed by atoms with Crippen LogP contribution >= 0.6 is 0 Å². The van der Waals surface area contributed by atoms with Crippen molar-refractivity contribution in [2.45, 2.75) is 17.4 Å². The summed E-state index contributed by atoms with van der Waals surface area (Å²) in [4.78, 5) is 30.5. The quantitative estimate of drug-likeness (QED) is 0.159. The molecule has 0 bridgehead atoms. The summed E-state index contributed by atoms with van der Waals surface area (Å²) < 4.78 is 28.6. The highest BCUT2D eigenvalue weighted by Crippen LogP contribution is 2.38. The van der Waals surface area contributed by atoms with E-state index in [0.717, 1.165) is 23.7 Å². The van der Waals surface area contributed by atoms with Gasteiger partial charge in [-0.2, -0.15) is 0 Å². The minimum Gasteiger partial charge on any atom is -0.325 e. The number of carbonyl (C=O) groups is 1. The summed E-state index contributed by atoms with van der Waals surface area (Å²) in [6, 6.07) is 26.7. The number of fused-ring (bicyclic) bond motifs is 1. The number of anilines is 2. The van der Waals surface area contributed by atoms with Gasteiger partial charge < -0.3 is 10.2 Å². The van der Waals surface area contributed by atoms with Crippen molar-refractivity contribution in [3.63, 3.8) is 0 Å². The number of nitro groups is 1. The molecular weight excluding hydrogens is 542 g/mol. The van der Waals surface area contributed by atoms with E-state index in [1.807, 2.05) is 68.7 Å². The summed E-state index contributed by atoms with van der Waals surface area (Å²) in [5.74, 6) is -1.10. The predicted molar refractivity (Wildman–Crippen MR) is 158 cm³/mol.